The molecule has 2 atom stereocenters. The third-order valence-corrected chi connectivity index (χ3v) is 11.2. The molecule has 7 nitrogen and oxygen atoms in total. The SMILES string of the molecule is CCC1(C(=O)N2C[C@@H](CCl)c3c2cc(N)c2ccccc32)CC(C)(C(=O)N2C[C@@H](CCl)c3c2cc(O)c2[nH]cc(C)c32)C1. The van der Waals surface area contributed by atoms with Crippen molar-refractivity contribution >= 4 is 73.8 Å². The van der Waals surface area contributed by atoms with Crippen LogP contribution in [0.2, 0.25) is 0 Å². The van der Waals surface area contributed by atoms with Crippen molar-refractivity contribution in [1.82, 2.24) is 4.98 Å². The summed E-state index contributed by atoms with van der Waals surface area (Å²) >= 11 is 12.9. The summed E-state index contributed by atoms with van der Waals surface area (Å²) in [5.41, 5.74) is 11.0. The molecule has 0 radical (unpaired) electrons. The molecule has 1 aromatic heterocycles. The number of alkyl halides is 2. The Morgan fingerprint density at radius 3 is 2.26 bits per heavy atom. The van der Waals surface area contributed by atoms with Gasteiger partial charge in [0.15, 0.2) is 0 Å². The molecule has 224 valence electrons. The largest absolute Gasteiger partial charge is 0.506 e. The maximum Gasteiger partial charge on any atom is 0.233 e. The number of benzene rings is 3. The maximum absolute atomic E-state index is 14.4. The van der Waals surface area contributed by atoms with Crippen LogP contribution in [0.5, 0.6) is 5.75 Å². The second kappa shape index (κ2) is 9.80. The van der Waals surface area contributed by atoms with Crippen LogP contribution in [-0.4, -0.2) is 46.8 Å². The van der Waals surface area contributed by atoms with Crippen molar-refractivity contribution in [2.24, 2.45) is 10.8 Å². The number of aromatic nitrogens is 1. The van der Waals surface area contributed by atoms with Crippen molar-refractivity contribution in [3.63, 3.8) is 0 Å². The van der Waals surface area contributed by atoms with Crippen LogP contribution in [-0.2, 0) is 9.59 Å². The molecule has 7 rings (SSSR count). The zero-order chi connectivity index (χ0) is 30.4. The van der Waals surface area contributed by atoms with E-state index in [0.29, 0.717) is 61.0 Å². The lowest BCUT2D eigenvalue weighted by Crippen LogP contribution is -2.60. The molecule has 1 fully saturated rings. The Hall–Kier alpha value is -3.42. The summed E-state index contributed by atoms with van der Waals surface area (Å²) in [6.45, 7) is 6.94. The van der Waals surface area contributed by atoms with Gasteiger partial charge in [-0.15, -0.1) is 23.2 Å². The second-order valence-corrected chi connectivity index (χ2v) is 13.7. The number of anilines is 3. The molecule has 0 saturated heterocycles. The molecule has 3 aromatic carbocycles. The quantitative estimate of drug-likeness (QED) is 0.163. The number of carbonyl (C=O) groups excluding carboxylic acids is 2. The topological polar surface area (TPSA) is 103 Å². The Balaban J connectivity index is 1.21. The zero-order valence-electron chi connectivity index (χ0n) is 24.6. The first-order valence-electron chi connectivity index (χ1n) is 15.0. The van der Waals surface area contributed by atoms with E-state index in [0.717, 1.165) is 38.5 Å². The number of fused-ring (bicyclic) bond motifs is 6. The van der Waals surface area contributed by atoms with Gasteiger partial charge < -0.3 is 25.6 Å². The van der Waals surface area contributed by atoms with Gasteiger partial charge in [0.25, 0.3) is 0 Å². The number of amides is 2. The fraction of sp³-hybridized carbons (Fsp3) is 0.412. The monoisotopic (exact) mass is 618 g/mol. The summed E-state index contributed by atoms with van der Waals surface area (Å²) in [5.74, 6) is 0.837. The summed E-state index contributed by atoms with van der Waals surface area (Å²) in [5, 5.41) is 13.8. The number of halogens is 2. The number of nitrogen functional groups attached to an aromatic ring is 1. The van der Waals surface area contributed by atoms with Crippen LogP contribution < -0.4 is 15.5 Å². The van der Waals surface area contributed by atoms with E-state index in [9.17, 15) is 14.7 Å². The van der Waals surface area contributed by atoms with E-state index >= 15 is 0 Å². The number of phenols is 1. The van der Waals surface area contributed by atoms with E-state index in [2.05, 4.69) is 11.1 Å². The fourth-order valence-electron chi connectivity index (χ4n) is 8.39. The van der Waals surface area contributed by atoms with E-state index in [1.165, 1.54) is 0 Å². The highest BCUT2D eigenvalue weighted by molar-refractivity contribution is 6.20. The van der Waals surface area contributed by atoms with E-state index in [4.69, 9.17) is 28.9 Å². The molecular formula is C34H36Cl2N4O3. The molecule has 2 aliphatic heterocycles. The molecule has 0 bridgehead atoms. The average molecular weight is 620 g/mol. The van der Waals surface area contributed by atoms with Gasteiger partial charge in [0.1, 0.15) is 5.75 Å². The maximum atomic E-state index is 14.4. The van der Waals surface area contributed by atoms with E-state index in [1.807, 2.05) is 56.1 Å². The van der Waals surface area contributed by atoms with Gasteiger partial charge >= 0.3 is 0 Å². The number of phenolic OH excluding ortho intramolecular Hbond substituents is 1. The van der Waals surface area contributed by atoms with Gasteiger partial charge in [-0.2, -0.15) is 0 Å². The van der Waals surface area contributed by atoms with Gasteiger partial charge in [0.2, 0.25) is 11.8 Å². The van der Waals surface area contributed by atoms with Gasteiger partial charge in [-0.1, -0.05) is 38.1 Å². The first kappa shape index (κ1) is 28.4. The summed E-state index contributed by atoms with van der Waals surface area (Å²) < 4.78 is 0. The van der Waals surface area contributed by atoms with Gasteiger partial charge in [0.05, 0.1) is 16.6 Å². The number of nitrogens with one attached hydrogen (secondary N) is 1. The second-order valence-electron chi connectivity index (χ2n) is 13.1. The molecule has 1 saturated carbocycles. The first-order chi connectivity index (χ1) is 20.6. The number of hydrogen-bond donors (Lipinski definition) is 3. The minimum absolute atomic E-state index is 0.00287. The van der Waals surface area contributed by atoms with Crippen LogP contribution >= 0.6 is 23.2 Å². The number of aromatic amines is 1. The summed E-state index contributed by atoms with van der Waals surface area (Å²) in [7, 11) is 0. The molecule has 2 amide bonds. The van der Waals surface area contributed by atoms with E-state index < -0.39 is 10.8 Å². The Morgan fingerprint density at radius 1 is 1.00 bits per heavy atom. The van der Waals surface area contributed by atoms with Crippen molar-refractivity contribution < 1.29 is 14.7 Å². The standard InChI is InChI=1S/C34H36Cl2N4O3/c1-4-34(32(43)40-14-19(11-35)28-22-8-6-5-7-21(22)23(37)9-24(28)40)16-33(3,17-34)31(42)39-15-20(12-36)29-25(39)10-26(41)30-27(29)18(2)13-38-30/h5-10,13,19-20,38,41H,4,11-12,14-17,37H2,1-3H3/t19-,20-,33?,34?/m1/s1. The van der Waals surface area contributed by atoms with Crippen LogP contribution in [0, 0.1) is 17.8 Å². The van der Waals surface area contributed by atoms with Crippen LogP contribution in [0.4, 0.5) is 17.1 Å². The predicted molar refractivity (Wildman–Crippen MR) is 175 cm³/mol. The van der Waals surface area contributed by atoms with Gasteiger partial charge in [-0.25, -0.2) is 0 Å². The lowest BCUT2D eigenvalue weighted by Gasteiger charge is -2.54. The summed E-state index contributed by atoms with van der Waals surface area (Å²) in [4.78, 5) is 35.6. The Kier molecular flexibility index (Phi) is 6.46. The van der Waals surface area contributed by atoms with Crippen LogP contribution in [0.15, 0.2) is 42.6 Å². The highest BCUT2D eigenvalue weighted by atomic mass is 35.5. The molecule has 1 aliphatic carbocycles. The van der Waals surface area contributed by atoms with Crippen LogP contribution in [0.3, 0.4) is 0 Å². The van der Waals surface area contributed by atoms with E-state index in [1.54, 1.807) is 11.0 Å². The van der Waals surface area contributed by atoms with Crippen molar-refractivity contribution in [2.45, 2.75) is 51.9 Å². The number of aromatic hydroxyl groups is 1. The number of H-pyrrole nitrogens is 1. The van der Waals surface area contributed by atoms with Crippen molar-refractivity contribution in [1.29, 1.82) is 0 Å². The molecule has 3 aliphatic rings. The van der Waals surface area contributed by atoms with Gasteiger partial charge in [0, 0.05) is 76.5 Å². The summed E-state index contributed by atoms with van der Waals surface area (Å²) in [6, 6.07) is 11.6. The van der Waals surface area contributed by atoms with Crippen molar-refractivity contribution in [3.8, 4) is 5.75 Å². The first-order valence-corrected chi connectivity index (χ1v) is 16.0. The molecule has 9 heteroatoms. The fourth-order valence-corrected chi connectivity index (χ4v) is 8.90. The third kappa shape index (κ3) is 3.86. The van der Waals surface area contributed by atoms with Crippen LogP contribution in [0.25, 0.3) is 21.7 Å². The molecule has 43 heavy (non-hydrogen) atoms. The third-order valence-electron chi connectivity index (χ3n) is 10.4. The molecule has 0 unspecified atom stereocenters. The number of carbonyl (C=O) groups is 2. The highest BCUT2D eigenvalue weighted by Crippen LogP contribution is 2.60. The average Bonchev–Trinajstić information content (AvgIpc) is 3.68. The number of nitrogens with two attached hydrogens (primary N) is 1. The number of aryl methyl sites for hydroxylation is 1. The molecule has 0 spiro atoms. The number of rotatable bonds is 5. The minimum atomic E-state index is -0.723. The Bertz CT molecular complexity index is 1830. The van der Waals surface area contributed by atoms with Crippen LogP contribution in [0.1, 0.15) is 61.6 Å². The number of hydrogen-bond acceptors (Lipinski definition) is 4. The molecule has 3 heterocycles. The minimum Gasteiger partial charge on any atom is -0.506 e. The normalized spacial score (nSPS) is 26.2. The smallest absolute Gasteiger partial charge is 0.233 e. The zero-order valence-corrected chi connectivity index (χ0v) is 26.1. The van der Waals surface area contributed by atoms with Crippen molar-refractivity contribution in [2.75, 3.05) is 40.4 Å². The predicted octanol–water partition coefficient (Wildman–Crippen LogP) is 7.15. The molecule has 4 aromatic rings. The Morgan fingerprint density at radius 2 is 1.60 bits per heavy atom. The lowest BCUT2D eigenvalue weighted by molar-refractivity contribution is -0.153. The molecular weight excluding hydrogens is 583 g/mol. The van der Waals surface area contributed by atoms with Gasteiger partial charge in [-0.05, 0) is 54.3 Å². The van der Waals surface area contributed by atoms with Gasteiger partial charge in [-0.3, -0.25) is 9.59 Å². The lowest BCUT2D eigenvalue weighted by atomic mass is 9.51. The highest BCUT2D eigenvalue weighted by Gasteiger charge is 2.62. The van der Waals surface area contributed by atoms with Crippen molar-refractivity contribution in [3.05, 3.63) is 59.3 Å². The Labute approximate surface area is 260 Å². The summed E-state index contributed by atoms with van der Waals surface area (Å²) in [6.07, 6.45) is 3.39. The van der Waals surface area contributed by atoms with E-state index in [-0.39, 0.29) is 29.4 Å². The number of nitrogens with zero attached hydrogens (tertiary/aromatic N) is 2. The molecule has 4 N–H and O–H groups in total.